The smallest absolute Gasteiger partial charge is 0.251 e. The quantitative estimate of drug-likeness (QED) is 0.824. The van der Waals surface area contributed by atoms with Crippen molar-refractivity contribution in [2.45, 2.75) is 13.8 Å². The van der Waals surface area contributed by atoms with Crippen molar-refractivity contribution in [3.05, 3.63) is 35.4 Å². The summed E-state index contributed by atoms with van der Waals surface area (Å²) < 4.78 is 50.3. The van der Waals surface area contributed by atoms with Gasteiger partial charge in [-0.3, -0.25) is 4.79 Å². The van der Waals surface area contributed by atoms with E-state index in [0.29, 0.717) is 6.54 Å². The molecule has 0 radical (unpaired) electrons. The van der Waals surface area contributed by atoms with Gasteiger partial charge in [-0.15, -0.1) is 0 Å². The lowest BCUT2D eigenvalue weighted by Crippen LogP contribution is -2.39. The topological polar surface area (TPSA) is 66.5 Å². The minimum absolute atomic E-state index is 0.0198. The Balaban J connectivity index is 2.61. The summed E-state index contributed by atoms with van der Waals surface area (Å²) in [5.74, 6) is -2.57. The molecule has 0 heterocycles. The summed E-state index contributed by atoms with van der Waals surface area (Å²) in [4.78, 5) is 11.8. The Morgan fingerprint density at radius 3 is 2.41 bits per heavy atom. The first-order chi connectivity index (χ1) is 10.1. The second kappa shape index (κ2) is 7.64. The molecule has 22 heavy (non-hydrogen) atoms. The van der Waals surface area contributed by atoms with Crippen molar-refractivity contribution < 1.29 is 22.0 Å². The minimum Gasteiger partial charge on any atom is -0.351 e. The van der Waals surface area contributed by atoms with E-state index in [9.17, 15) is 22.0 Å². The third-order valence-corrected chi connectivity index (χ3v) is 4.14. The van der Waals surface area contributed by atoms with Gasteiger partial charge in [-0.25, -0.2) is 21.5 Å². The molecule has 0 aliphatic rings. The van der Waals surface area contributed by atoms with Crippen molar-refractivity contribution in [3.63, 3.8) is 0 Å². The van der Waals surface area contributed by atoms with Gasteiger partial charge in [0.25, 0.3) is 5.91 Å². The molecular weight excluding hydrogens is 314 g/mol. The molecule has 1 amide bonds. The van der Waals surface area contributed by atoms with Gasteiger partial charge in [-0.1, -0.05) is 13.8 Å². The van der Waals surface area contributed by atoms with Crippen LogP contribution in [0.25, 0.3) is 0 Å². The molecule has 0 spiro atoms. The van der Waals surface area contributed by atoms with E-state index < -0.39 is 27.6 Å². The van der Waals surface area contributed by atoms with Gasteiger partial charge in [-0.2, -0.15) is 0 Å². The standard InChI is InChI=1S/C14H20F2N2O3S/c1-10(2)9-18(22(3,20)21)7-6-17-14(19)11-4-5-12(15)13(16)8-11/h4-5,8,10H,6-7,9H2,1-3H3,(H,17,19). The summed E-state index contributed by atoms with van der Waals surface area (Å²) in [6.45, 7) is 4.32. The van der Waals surface area contributed by atoms with E-state index in [1.54, 1.807) is 0 Å². The van der Waals surface area contributed by atoms with E-state index in [2.05, 4.69) is 5.32 Å². The van der Waals surface area contributed by atoms with Crippen molar-refractivity contribution in [1.82, 2.24) is 9.62 Å². The van der Waals surface area contributed by atoms with Gasteiger partial charge in [0, 0.05) is 25.2 Å². The van der Waals surface area contributed by atoms with E-state index in [1.807, 2.05) is 13.8 Å². The number of rotatable bonds is 7. The van der Waals surface area contributed by atoms with Crippen LogP contribution in [-0.4, -0.2) is 44.5 Å². The number of benzene rings is 1. The Bertz CT molecular complexity index is 633. The molecule has 8 heteroatoms. The molecule has 1 rings (SSSR count). The molecule has 1 N–H and O–H groups in total. The molecule has 1 aromatic carbocycles. The Labute approximate surface area is 129 Å². The molecule has 0 unspecified atom stereocenters. The van der Waals surface area contributed by atoms with Crippen LogP contribution >= 0.6 is 0 Å². The largest absolute Gasteiger partial charge is 0.351 e. The SMILES string of the molecule is CC(C)CN(CCNC(=O)c1ccc(F)c(F)c1)S(C)(=O)=O. The van der Waals surface area contributed by atoms with Gasteiger partial charge < -0.3 is 5.32 Å². The molecule has 124 valence electrons. The zero-order valence-corrected chi connectivity index (χ0v) is 13.6. The van der Waals surface area contributed by atoms with Gasteiger partial charge in [0.15, 0.2) is 11.6 Å². The molecule has 0 aliphatic heterocycles. The van der Waals surface area contributed by atoms with Gasteiger partial charge >= 0.3 is 0 Å². The maximum absolute atomic E-state index is 13.0. The zero-order valence-electron chi connectivity index (χ0n) is 12.8. The van der Waals surface area contributed by atoms with E-state index in [-0.39, 0.29) is 24.6 Å². The van der Waals surface area contributed by atoms with Crippen LogP contribution in [0.2, 0.25) is 0 Å². The number of amides is 1. The highest BCUT2D eigenvalue weighted by molar-refractivity contribution is 7.88. The fraction of sp³-hybridized carbons (Fsp3) is 0.500. The number of halogens is 2. The van der Waals surface area contributed by atoms with Gasteiger partial charge in [0.2, 0.25) is 10.0 Å². The van der Waals surface area contributed by atoms with Crippen LogP contribution in [0.15, 0.2) is 18.2 Å². The van der Waals surface area contributed by atoms with Gasteiger partial charge in [0.1, 0.15) is 0 Å². The fourth-order valence-electron chi connectivity index (χ4n) is 1.83. The van der Waals surface area contributed by atoms with E-state index in [4.69, 9.17) is 0 Å². The van der Waals surface area contributed by atoms with Crippen molar-refractivity contribution in [2.75, 3.05) is 25.9 Å². The van der Waals surface area contributed by atoms with Crippen molar-refractivity contribution in [2.24, 2.45) is 5.92 Å². The molecule has 1 aromatic rings. The Morgan fingerprint density at radius 2 is 1.91 bits per heavy atom. The molecule has 0 atom stereocenters. The monoisotopic (exact) mass is 334 g/mol. The molecule has 0 fully saturated rings. The van der Waals surface area contributed by atoms with Crippen LogP contribution in [0, 0.1) is 17.6 Å². The molecular formula is C14H20F2N2O3S. The van der Waals surface area contributed by atoms with Gasteiger partial charge in [0.05, 0.1) is 6.26 Å². The van der Waals surface area contributed by atoms with Crippen molar-refractivity contribution >= 4 is 15.9 Å². The maximum atomic E-state index is 13.0. The fourth-order valence-corrected chi connectivity index (χ4v) is 2.83. The highest BCUT2D eigenvalue weighted by atomic mass is 32.2. The zero-order chi connectivity index (χ0) is 16.9. The number of carbonyl (C=O) groups excluding carboxylic acids is 1. The highest BCUT2D eigenvalue weighted by Crippen LogP contribution is 2.08. The third-order valence-electron chi connectivity index (χ3n) is 2.87. The minimum atomic E-state index is -3.36. The maximum Gasteiger partial charge on any atom is 0.251 e. The van der Waals surface area contributed by atoms with Crippen LogP contribution in [0.3, 0.4) is 0 Å². The first-order valence-electron chi connectivity index (χ1n) is 6.79. The van der Waals surface area contributed by atoms with Crippen LogP contribution in [0.1, 0.15) is 24.2 Å². The summed E-state index contributed by atoms with van der Waals surface area (Å²) in [7, 11) is -3.36. The highest BCUT2D eigenvalue weighted by Gasteiger charge is 2.18. The third kappa shape index (κ3) is 5.69. The van der Waals surface area contributed by atoms with E-state index >= 15 is 0 Å². The number of carbonyl (C=O) groups is 1. The summed E-state index contributed by atoms with van der Waals surface area (Å²) in [6.07, 6.45) is 1.10. The van der Waals surface area contributed by atoms with Crippen LogP contribution in [-0.2, 0) is 10.0 Å². The molecule has 5 nitrogen and oxygen atoms in total. The number of nitrogens with zero attached hydrogens (tertiary/aromatic N) is 1. The lowest BCUT2D eigenvalue weighted by atomic mass is 10.2. The Morgan fingerprint density at radius 1 is 1.27 bits per heavy atom. The number of nitrogens with one attached hydrogen (secondary N) is 1. The van der Waals surface area contributed by atoms with Crippen molar-refractivity contribution in [3.8, 4) is 0 Å². The van der Waals surface area contributed by atoms with E-state index in [1.165, 1.54) is 4.31 Å². The van der Waals surface area contributed by atoms with Crippen LogP contribution in [0.4, 0.5) is 8.78 Å². The number of hydrogen-bond donors (Lipinski definition) is 1. The Kier molecular flexibility index (Phi) is 6.43. The summed E-state index contributed by atoms with van der Waals surface area (Å²) >= 11 is 0. The lowest BCUT2D eigenvalue weighted by molar-refractivity contribution is 0.0951. The molecule has 0 saturated carbocycles. The lowest BCUT2D eigenvalue weighted by Gasteiger charge is -2.22. The number of hydrogen-bond acceptors (Lipinski definition) is 3. The first-order valence-corrected chi connectivity index (χ1v) is 8.64. The summed E-state index contributed by atoms with van der Waals surface area (Å²) in [5, 5.41) is 2.49. The second-order valence-electron chi connectivity index (χ2n) is 5.40. The molecule has 0 bridgehead atoms. The van der Waals surface area contributed by atoms with Crippen LogP contribution < -0.4 is 5.32 Å². The average Bonchev–Trinajstić information content (AvgIpc) is 2.39. The second-order valence-corrected chi connectivity index (χ2v) is 7.38. The molecule has 0 aromatic heterocycles. The van der Waals surface area contributed by atoms with E-state index in [0.717, 1.165) is 24.5 Å². The van der Waals surface area contributed by atoms with Gasteiger partial charge in [-0.05, 0) is 24.1 Å². The number of sulfonamides is 1. The summed E-state index contributed by atoms with van der Waals surface area (Å²) in [5.41, 5.74) is -0.0198. The molecule has 0 saturated heterocycles. The normalized spacial score (nSPS) is 12.0. The first kappa shape index (κ1) is 18.5. The summed E-state index contributed by atoms with van der Waals surface area (Å²) in [6, 6.07) is 2.83. The van der Waals surface area contributed by atoms with Crippen LogP contribution in [0.5, 0.6) is 0 Å². The molecule has 0 aliphatic carbocycles. The van der Waals surface area contributed by atoms with Crippen molar-refractivity contribution in [1.29, 1.82) is 0 Å². The predicted octanol–water partition coefficient (Wildman–Crippen LogP) is 1.61. The average molecular weight is 334 g/mol. The Hall–Kier alpha value is -1.54. The predicted molar refractivity (Wildman–Crippen MR) is 79.9 cm³/mol.